The highest BCUT2D eigenvalue weighted by molar-refractivity contribution is 5.95. The Bertz CT molecular complexity index is 676. The van der Waals surface area contributed by atoms with Crippen molar-refractivity contribution in [3.8, 4) is 5.75 Å². The minimum Gasteiger partial charge on any atom is -0.427 e. The van der Waals surface area contributed by atoms with E-state index in [-0.39, 0.29) is 11.8 Å². The highest BCUT2D eigenvalue weighted by Gasteiger charge is 2.24. The topological polar surface area (TPSA) is 75.7 Å². The summed E-state index contributed by atoms with van der Waals surface area (Å²) in [6.07, 6.45) is 1.68. The zero-order chi connectivity index (χ0) is 18.4. The number of amides is 2. The van der Waals surface area contributed by atoms with Gasteiger partial charge in [0.1, 0.15) is 5.75 Å². The molecule has 0 saturated carbocycles. The van der Waals surface area contributed by atoms with Crippen molar-refractivity contribution in [3.05, 3.63) is 42.0 Å². The lowest BCUT2D eigenvalue weighted by atomic mass is 9.96. The molecule has 1 N–H and O–H groups in total. The summed E-state index contributed by atoms with van der Waals surface area (Å²) in [5, 5.41) is 2.86. The van der Waals surface area contributed by atoms with Crippen molar-refractivity contribution in [2.24, 2.45) is 5.92 Å². The van der Waals surface area contributed by atoms with Gasteiger partial charge in [0.25, 0.3) is 5.91 Å². The predicted octanol–water partition coefficient (Wildman–Crippen LogP) is 2.16. The highest BCUT2D eigenvalue weighted by atomic mass is 16.5. The quantitative estimate of drug-likeness (QED) is 0.504. The van der Waals surface area contributed by atoms with E-state index in [0.29, 0.717) is 42.4 Å². The lowest BCUT2D eigenvalue weighted by Crippen LogP contribution is -2.41. The Labute approximate surface area is 147 Å². The van der Waals surface area contributed by atoms with Crippen LogP contribution in [0.1, 0.15) is 37.0 Å². The summed E-state index contributed by atoms with van der Waals surface area (Å²) in [5.41, 5.74) is 1.01. The van der Waals surface area contributed by atoms with Crippen molar-refractivity contribution in [1.82, 2.24) is 10.2 Å². The highest BCUT2D eigenvalue weighted by Crippen LogP contribution is 2.20. The van der Waals surface area contributed by atoms with E-state index in [4.69, 9.17) is 4.74 Å². The summed E-state index contributed by atoms with van der Waals surface area (Å²) >= 11 is 0. The first-order valence-corrected chi connectivity index (χ1v) is 8.38. The summed E-state index contributed by atoms with van der Waals surface area (Å²) in [7, 11) is 0. The summed E-state index contributed by atoms with van der Waals surface area (Å²) in [5.74, 6) is 0.122. The van der Waals surface area contributed by atoms with E-state index in [2.05, 4.69) is 11.9 Å². The molecule has 1 aromatic rings. The Morgan fingerprint density at radius 3 is 2.52 bits per heavy atom. The second-order valence-corrected chi connectivity index (χ2v) is 6.35. The molecular formula is C19H24N2O4. The third kappa shape index (κ3) is 5.45. The van der Waals surface area contributed by atoms with E-state index in [1.54, 1.807) is 36.1 Å². The molecule has 1 aliphatic rings. The third-order valence-corrected chi connectivity index (χ3v) is 4.18. The largest absolute Gasteiger partial charge is 0.427 e. The van der Waals surface area contributed by atoms with Crippen LogP contribution in [-0.2, 0) is 9.59 Å². The van der Waals surface area contributed by atoms with Gasteiger partial charge in [0.15, 0.2) is 0 Å². The minimum absolute atomic E-state index is 0.0709. The van der Waals surface area contributed by atoms with Gasteiger partial charge in [0.05, 0.1) is 0 Å². The molecule has 2 amide bonds. The van der Waals surface area contributed by atoms with E-state index in [1.165, 1.54) is 6.92 Å². The monoisotopic (exact) mass is 344 g/mol. The Kier molecular flexibility index (Phi) is 6.33. The summed E-state index contributed by atoms with van der Waals surface area (Å²) < 4.78 is 5.03. The summed E-state index contributed by atoms with van der Waals surface area (Å²) in [6, 6.07) is 6.65. The molecule has 1 saturated heterocycles. The van der Waals surface area contributed by atoms with E-state index < -0.39 is 5.97 Å². The zero-order valence-electron chi connectivity index (χ0n) is 14.7. The average molecular weight is 344 g/mol. The number of hydrogen-bond acceptors (Lipinski definition) is 4. The van der Waals surface area contributed by atoms with Gasteiger partial charge in [-0.15, -0.1) is 0 Å². The van der Waals surface area contributed by atoms with Crippen LogP contribution >= 0.6 is 0 Å². The molecule has 0 spiro atoms. The SMILES string of the molecule is C=C(C)C(=O)NCC1CCN(C(=O)c2cccc(OC(C)=O)c2)CC1. The lowest BCUT2D eigenvalue weighted by Gasteiger charge is -2.32. The van der Waals surface area contributed by atoms with Crippen LogP contribution in [-0.4, -0.2) is 42.3 Å². The fourth-order valence-corrected chi connectivity index (χ4v) is 2.77. The van der Waals surface area contributed by atoms with Crippen LogP contribution in [0.5, 0.6) is 5.75 Å². The normalized spacial score (nSPS) is 14.7. The number of esters is 1. The molecular weight excluding hydrogens is 320 g/mol. The van der Waals surface area contributed by atoms with Crippen LogP contribution in [0.3, 0.4) is 0 Å². The summed E-state index contributed by atoms with van der Waals surface area (Å²) in [6.45, 7) is 8.52. The molecule has 0 bridgehead atoms. The number of nitrogens with zero attached hydrogens (tertiary/aromatic N) is 1. The molecule has 0 atom stereocenters. The third-order valence-electron chi connectivity index (χ3n) is 4.18. The van der Waals surface area contributed by atoms with Crippen LogP contribution in [0.15, 0.2) is 36.4 Å². The second kappa shape index (κ2) is 8.46. The number of ether oxygens (including phenoxy) is 1. The molecule has 1 fully saturated rings. The molecule has 1 heterocycles. The van der Waals surface area contributed by atoms with Gasteiger partial charge in [-0.1, -0.05) is 12.6 Å². The number of piperidine rings is 1. The zero-order valence-corrected chi connectivity index (χ0v) is 14.7. The smallest absolute Gasteiger partial charge is 0.308 e. The number of hydrogen-bond donors (Lipinski definition) is 1. The van der Waals surface area contributed by atoms with Crippen LogP contribution in [0.4, 0.5) is 0 Å². The molecule has 0 unspecified atom stereocenters. The second-order valence-electron chi connectivity index (χ2n) is 6.35. The molecule has 134 valence electrons. The molecule has 25 heavy (non-hydrogen) atoms. The van der Waals surface area contributed by atoms with Crippen molar-refractivity contribution >= 4 is 17.8 Å². The van der Waals surface area contributed by atoms with E-state index in [1.807, 2.05) is 0 Å². The average Bonchev–Trinajstić information content (AvgIpc) is 2.59. The first-order chi connectivity index (χ1) is 11.9. The van der Waals surface area contributed by atoms with Crippen LogP contribution < -0.4 is 10.1 Å². The number of carbonyl (C=O) groups is 3. The van der Waals surface area contributed by atoms with Crippen LogP contribution in [0.25, 0.3) is 0 Å². The first-order valence-electron chi connectivity index (χ1n) is 8.38. The van der Waals surface area contributed by atoms with Crippen molar-refractivity contribution in [3.63, 3.8) is 0 Å². The van der Waals surface area contributed by atoms with Gasteiger partial charge in [-0.2, -0.15) is 0 Å². The molecule has 6 heteroatoms. The molecule has 0 aliphatic carbocycles. The minimum atomic E-state index is -0.415. The van der Waals surface area contributed by atoms with E-state index >= 15 is 0 Å². The maximum Gasteiger partial charge on any atom is 0.308 e. The molecule has 0 radical (unpaired) electrons. The van der Waals surface area contributed by atoms with Crippen LogP contribution in [0, 0.1) is 5.92 Å². The number of rotatable bonds is 5. The number of benzene rings is 1. The molecule has 1 aromatic carbocycles. The molecule has 1 aliphatic heterocycles. The first kappa shape index (κ1) is 18.7. The fraction of sp³-hybridized carbons (Fsp3) is 0.421. The van der Waals surface area contributed by atoms with E-state index in [0.717, 1.165) is 12.8 Å². The Balaban J connectivity index is 1.88. The van der Waals surface area contributed by atoms with Gasteiger partial charge in [0.2, 0.25) is 5.91 Å². The Morgan fingerprint density at radius 1 is 1.24 bits per heavy atom. The van der Waals surface area contributed by atoms with Gasteiger partial charge in [-0.25, -0.2) is 0 Å². The Hall–Kier alpha value is -2.63. The van der Waals surface area contributed by atoms with Crippen molar-refractivity contribution in [2.75, 3.05) is 19.6 Å². The molecule has 2 rings (SSSR count). The Morgan fingerprint density at radius 2 is 1.92 bits per heavy atom. The summed E-state index contributed by atoms with van der Waals surface area (Å²) in [4.78, 5) is 37.0. The van der Waals surface area contributed by atoms with Crippen molar-refractivity contribution in [1.29, 1.82) is 0 Å². The lowest BCUT2D eigenvalue weighted by molar-refractivity contribution is -0.131. The fourth-order valence-electron chi connectivity index (χ4n) is 2.77. The number of nitrogens with one attached hydrogen (secondary N) is 1. The standard InChI is InChI=1S/C19H24N2O4/c1-13(2)18(23)20-12-15-7-9-21(10-8-15)19(24)16-5-4-6-17(11-16)25-14(3)22/h4-6,11,15H,1,7-10,12H2,2-3H3,(H,20,23). The molecule has 6 nitrogen and oxygen atoms in total. The van der Waals surface area contributed by atoms with Gasteiger partial charge in [-0.3, -0.25) is 14.4 Å². The van der Waals surface area contributed by atoms with Crippen molar-refractivity contribution < 1.29 is 19.1 Å². The van der Waals surface area contributed by atoms with Gasteiger partial charge < -0.3 is 15.0 Å². The van der Waals surface area contributed by atoms with Crippen molar-refractivity contribution in [2.45, 2.75) is 26.7 Å². The van der Waals surface area contributed by atoms with Gasteiger partial charge in [0, 0.05) is 37.7 Å². The van der Waals surface area contributed by atoms with Gasteiger partial charge >= 0.3 is 5.97 Å². The van der Waals surface area contributed by atoms with Crippen LogP contribution in [0.2, 0.25) is 0 Å². The number of likely N-dealkylation sites (tertiary alicyclic amines) is 1. The van der Waals surface area contributed by atoms with E-state index in [9.17, 15) is 14.4 Å². The maximum absolute atomic E-state index is 12.6. The number of carbonyl (C=O) groups excluding carboxylic acids is 3. The predicted molar refractivity (Wildman–Crippen MR) is 94.2 cm³/mol. The van der Waals surface area contributed by atoms with Gasteiger partial charge in [-0.05, 0) is 43.9 Å². The molecule has 0 aromatic heterocycles. The maximum atomic E-state index is 12.6.